The van der Waals surface area contributed by atoms with Crippen LogP contribution in [0.3, 0.4) is 0 Å². The highest BCUT2D eigenvalue weighted by atomic mass is 14.5. The highest BCUT2D eigenvalue weighted by molar-refractivity contribution is 5.01. The van der Waals surface area contributed by atoms with Crippen molar-refractivity contribution < 1.29 is 0 Å². The lowest BCUT2D eigenvalue weighted by Gasteiger charge is -2.49. The third kappa shape index (κ3) is 0.810. The van der Waals surface area contributed by atoms with Gasteiger partial charge in [-0.3, -0.25) is 0 Å². The van der Waals surface area contributed by atoms with Crippen LogP contribution in [0.5, 0.6) is 0 Å². The van der Waals surface area contributed by atoms with E-state index >= 15 is 0 Å². The first-order chi connectivity index (χ1) is 4.09. The third-order valence-electron chi connectivity index (χ3n) is 3.12. The molecule has 0 N–H and O–H groups in total. The quantitative estimate of drug-likeness (QED) is 0.471. The molecule has 0 aliphatic heterocycles. The summed E-state index contributed by atoms with van der Waals surface area (Å²) in [7, 11) is 0. The van der Waals surface area contributed by atoms with Crippen molar-refractivity contribution in [2.75, 3.05) is 0 Å². The maximum Gasteiger partial charge on any atom is -0.0180 e. The predicted octanol–water partition coefficient (Wildman–Crippen LogP) is 2.85. The first-order valence-electron chi connectivity index (χ1n) is 3.71. The molecule has 0 heterocycles. The van der Waals surface area contributed by atoms with Crippen LogP contribution in [0.1, 0.15) is 27.2 Å². The lowest BCUT2D eigenvalue weighted by molar-refractivity contribution is 0.0261. The summed E-state index contributed by atoms with van der Waals surface area (Å²) < 4.78 is 0. The Kier molecular flexibility index (Phi) is 1.42. The van der Waals surface area contributed by atoms with Crippen molar-refractivity contribution in [2.45, 2.75) is 27.2 Å². The Bertz CT molecular complexity index is 122. The predicted molar refractivity (Wildman–Crippen MR) is 41.2 cm³/mol. The van der Waals surface area contributed by atoms with E-state index in [1.165, 1.54) is 6.42 Å². The summed E-state index contributed by atoms with van der Waals surface area (Å²) in [6, 6.07) is 0. The molecule has 0 spiro atoms. The molecule has 0 aromatic rings. The molecule has 2 unspecified atom stereocenters. The van der Waals surface area contributed by atoms with Crippen LogP contribution in [0.2, 0.25) is 0 Å². The fourth-order valence-electron chi connectivity index (χ4n) is 1.59. The van der Waals surface area contributed by atoms with Crippen molar-refractivity contribution in [1.82, 2.24) is 0 Å². The molecule has 1 aliphatic carbocycles. The molecule has 0 aromatic carbocycles. The standard InChI is InChI=1S/C9H16/c1-5-8-6-7(2)9(8,3)4/h5,7-8H,1,6H2,2-4H3. The highest BCUT2D eigenvalue weighted by Gasteiger charge is 2.42. The van der Waals surface area contributed by atoms with Crippen LogP contribution in [-0.2, 0) is 0 Å². The van der Waals surface area contributed by atoms with Gasteiger partial charge in [0.15, 0.2) is 0 Å². The smallest absolute Gasteiger partial charge is 0.0180 e. The first kappa shape index (κ1) is 6.85. The van der Waals surface area contributed by atoms with Crippen molar-refractivity contribution in [3.63, 3.8) is 0 Å². The number of hydrogen-bond acceptors (Lipinski definition) is 0. The Morgan fingerprint density at radius 2 is 2.11 bits per heavy atom. The minimum atomic E-state index is 0.530. The largest absolute Gasteiger partial charge is 0.103 e. The zero-order valence-corrected chi connectivity index (χ0v) is 6.65. The highest BCUT2D eigenvalue weighted by Crippen LogP contribution is 2.51. The second-order valence-electron chi connectivity index (χ2n) is 3.80. The molecule has 0 bridgehead atoms. The van der Waals surface area contributed by atoms with E-state index in [1.54, 1.807) is 0 Å². The van der Waals surface area contributed by atoms with Crippen LogP contribution in [0, 0.1) is 17.3 Å². The molecule has 0 aromatic heterocycles. The molecule has 0 radical (unpaired) electrons. The summed E-state index contributed by atoms with van der Waals surface area (Å²) >= 11 is 0. The van der Waals surface area contributed by atoms with Crippen LogP contribution in [0.25, 0.3) is 0 Å². The van der Waals surface area contributed by atoms with E-state index in [0.29, 0.717) is 5.41 Å². The van der Waals surface area contributed by atoms with Gasteiger partial charge in [0.2, 0.25) is 0 Å². The average Bonchev–Trinajstić information content (AvgIpc) is 1.82. The van der Waals surface area contributed by atoms with Crippen LogP contribution in [-0.4, -0.2) is 0 Å². The van der Waals surface area contributed by atoms with Gasteiger partial charge < -0.3 is 0 Å². The molecule has 2 atom stereocenters. The van der Waals surface area contributed by atoms with E-state index in [2.05, 4.69) is 33.4 Å². The second-order valence-corrected chi connectivity index (χ2v) is 3.80. The maximum absolute atomic E-state index is 3.81. The molecular weight excluding hydrogens is 108 g/mol. The summed E-state index contributed by atoms with van der Waals surface area (Å²) in [5.74, 6) is 1.66. The van der Waals surface area contributed by atoms with Crippen LogP contribution < -0.4 is 0 Å². The van der Waals surface area contributed by atoms with Gasteiger partial charge in [0.05, 0.1) is 0 Å². The summed E-state index contributed by atoms with van der Waals surface area (Å²) in [5.41, 5.74) is 0.530. The van der Waals surface area contributed by atoms with Crippen molar-refractivity contribution >= 4 is 0 Å². The molecule has 0 saturated heterocycles. The molecule has 1 rings (SSSR count). The van der Waals surface area contributed by atoms with Gasteiger partial charge in [-0.25, -0.2) is 0 Å². The number of rotatable bonds is 1. The third-order valence-corrected chi connectivity index (χ3v) is 3.12. The van der Waals surface area contributed by atoms with Gasteiger partial charge in [0.25, 0.3) is 0 Å². The minimum Gasteiger partial charge on any atom is -0.103 e. The van der Waals surface area contributed by atoms with E-state index in [9.17, 15) is 0 Å². The van der Waals surface area contributed by atoms with Crippen molar-refractivity contribution in [3.8, 4) is 0 Å². The van der Waals surface area contributed by atoms with Crippen molar-refractivity contribution in [1.29, 1.82) is 0 Å². The molecule has 9 heavy (non-hydrogen) atoms. The van der Waals surface area contributed by atoms with Crippen LogP contribution in [0.15, 0.2) is 12.7 Å². The van der Waals surface area contributed by atoms with Gasteiger partial charge in [-0.15, -0.1) is 6.58 Å². The number of allylic oxidation sites excluding steroid dienone is 1. The minimum absolute atomic E-state index is 0.530. The van der Waals surface area contributed by atoms with Gasteiger partial charge in [-0.1, -0.05) is 26.8 Å². The van der Waals surface area contributed by atoms with E-state index in [1.807, 2.05) is 0 Å². The SMILES string of the molecule is C=CC1CC(C)C1(C)C. The number of hydrogen-bond donors (Lipinski definition) is 0. The topological polar surface area (TPSA) is 0 Å². The summed E-state index contributed by atoms with van der Waals surface area (Å²) in [6.07, 6.45) is 3.44. The fourth-order valence-corrected chi connectivity index (χ4v) is 1.59. The molecule has 1 saturated carbocycles. The van der Waals surface area contributed by atoms with Crippen LogP contribution >= 0.6 is 0 Å². The van der Waals surface area contributed by atoms with Gasteiger partial charge in [-0.05, 0) is 23.7 Å². The van der Waals surface area contributed by atoms with Gasteiger partial charge in [0.1, 0.15) is 0 Å². The zero-order valence-electron chi connectivity index (χ0n) is 6.65. The molecule has 1 fully saturated rings. The lowest BCUT2D eigenvalue weighted by atomic mass is 9.56. The normalized spacial score (nSPS) is 39.4. The maximum atomic E-state index is 3.81. The first-order valence-corrected chi connectivity index (χ1v) is 3.71. The summed E-state index contributed by atoms with van der Waals surface area (Å²) in [5, 5.41) is 0. The summed E-state index contributed by atoms with van der Waals surface area (Å²) in [4.78, 5) is 0. The van der Waals surface area contributed by atoms with Gasteiger partial charge >= 0.3 is 0 Å². The van der Waals surface area contributed by atoms with Gasteiger partial charge in [-0.2, -0.15) is 0 Å². The Morgan fingerprint density at radius 3 is 2.22 bits per heavy atom. The Labute approximate surface area is 58.0 Å². The Hall–Kier alpha value is -0.260. The molecule has 0 nitrogen and oxygen atoms in total. The summed E-state index contributed by atoms with van der Waals surface area (Å²) in [6.45, 7) is 10.8. The Morgan fingerprint density at radius 1 is 1.56 bits per heavy atom. The second kappa shape index (κ2) is 1.86. The molecule has 1 aliphatic rings. The van der Waals surface area contributed by atoms with Crippen molar-refractivity contribution in [3.05, 3.63) is 12.7 Å². The molecular formula is C9H16. The fraction of sp³-hybridized carbons (Fsp3) is 0.778. The monoisotopic (exact) mass is 124 g/mol. The van der Waals surface area contributed by atoms with E-state index < -0.39 is 0 Å². The average molecular weight is 124 g/mol. The van der Waals surface area contributed by atoms with Gasteiger partial charge in [0, 0.05) is 0 Å². The van der Waals surface area contributed by atoms with Crippen LogP contribution in [0.4, 0.5) is 0 Å². The van der Waals surface area contributed by atoms with E-state index in [-0.39, 0.29) is 0 Å². The molecule has 0 amide bonds. The molecule has 52 valence electrons. The van der Waals surface area contributed by atoms with Crippen molar-refractivity contribution in [2.24, 2.45) is 17.3 Å². The Balaban J connectivity index is 2.58. The van der Waals surface area contributed by atoms with E-state index in [4.69, 9.17) is 0 Å². The van der Waals surface area contributed by atoms with E-state index in [0.717, 1.165) is 11.8 Å². The molecule has 0 heteroatoms. The zero-order chi connectivity index (χ0) is 7.07. The lowest BCUT2D eigenvalue weighted by Crippen LogP contribution is -2.41.